The Balaban J connectivity index is 2.39. The molecule has 0 spiro atoms. The summed E-state index contributed by atoms with van der Waals surface area (Å²) in [6.45, 7) is 15.3. The van der Waals surface area contributed by atoms with Crippen molar-refractivity contribution in [1.82, 2.24) is 5.32 Å². The molecule has 4 nitrogen and oxygen atoms in total. The summed E-state index contributed by atoms with van der Waals surface area (Å²) in [7, 11) is 0. The first-order chi connectivity index (χ1) is 11.0. The molecule has 1 heterocycles. The molecular weight excluding hydrogens is 300 g/mol. The highest BCUT2D eigenvalue weighted by Gasteiger charge is 2.35. The molecule has 0 saturated heterocycles. The molecule has 1 amide bonds. The normalized spacial score (nSPS) is 16.5. The van der Waals surface area contributed by atoms with Crippen LogP contribution in [0.1, 0.15) is 54.0 Å². The monoisotopic (exact) mass is 330 g/mol. The summed E-state index contributed by atoms with van der Waals surface area (Å²) in [5.74, 6) is 0.910. The SMILES string of the molecule is CCOc1ccc2c(c1)C(C)=CC(C)(C)N2C(=O)CNC(C)(C)C. The molecule has 1 aromatic carbocycles. The van der Waals surface area contributed by atoms with Crippen molar-refractivity contribution in [3.63, 3.8) is 0 Å². The van der Waals surface area contributed by atoms with Gasteiger partial charge in [-0.3, -0.25) is 4.79 Å². The van der Waals surface area contributed by atoms with Crippen molar-refractivity contribution < 1.29 is 9.53 Å². The lowest BCUT2D eigenvalue weighted by Crippen LogP contribution is -2.53. The minimum Gasteiger partial charge on any atom is -0.494 e. The lowest BCUT2D eigenvalue weighted by molar-refractivity contribution is -0.118. The van der Waals surface area contributed by atoms with Gasteiger partial charge in [0, 0.05) is 11.1 Å². The molecule has 0 aliphatic carbocycles. The first-order valence-corrected chi connectivity index (χ1v) is 8.60. The maximum absolute atomic E-state index is 12.9. The third kappa shape index (κ3) is 3.99. The van der Waals surface area contributed by atoms with Gasteiger partial charge in [0.15, 0.2) is 0 Å². The molecule has 1 N–H and O–H groups in total. The van der Waals surface area contributed by atoms with Gasteiger partial charge in [-0.15, -0.1) is 0 Å². The number of allylic oxidation sites excluding steroid dienone is 1. The number of carbonyl (C=O) groups excluding carboxylic acids is 1. The second kappa shape index (κ2) is 6.60. The summed E-state index contributed by atoms with van der Waals surface area (Å²) in [5, 5.41) is 3.29. The topological polar surface area (TPSA) is 41.6 Å². The van der Waals surface area contributed by atoms with E-state index in [4.69, 9.17) is 4.74 Å². The lowest BCUT2D eigenvalue weighted by atomic mass is 9.88. The Labute approximate surface area is 145 Å². The Morgan fingerprint density at radius 1 is 1.29 bits per heavy atom. The Hall–Kier alpha value is -1.81. The molecule has 2 rings (SSSR count). The molecule has 4 heteroatoms. The minimum absolute atomic E-state index is 0.0732. The standard InChI is InChI=1S/C20H30N2O2/c1-8-24-15-9-10-17-16(11-15)14(2)12-20(6,7)22(17)18(23)13-21-19(3,4)5/h9-12,21H,8,13H2,1-7H3. The van der Waals surface area contributed by atoms with Gasteiger partial charge in [0.25, 0.3) is 0 Å². The maximum atomic E-state index is 12.9. The number of nitrogens with zero attached hydrogens (tertiary/aromatic N) is 1. The molecule has 0 fully saturated rings. The second-order valence-corrected chi connectivity index (χ2v) is 7.93. The Morgan fingerprint density at radius 3 is 2.54 bits per heavy atom. The fraction of sp³-hybridized carbons (Fsp3) is 0.550. The minimum atomic E-state index is -0.360. The Kier molecular flexibility index (Phi) is 5.09. The molecule has 0 bridgehead atoms. The van der Waals surface area contributed by atoms with Gasteiger partial charge < -0.3 is 15.0 Å². The van der Waals surface area contributed by atoms with Gasteiger partial charge in [-0.2, -0.15) is 0 Å². The number of benzene rings is 1. The number of rotatable bonds is 4. The first-order valence-electron chi connectivity index (χ1n) is 8.60. The summed E-state index contributed by atoms with van der Waals surface area (Å²) >= 11 is 0. The zero-order valence-corrected chi connectivity index (χ0v) is 16.0. The number of carbonyl (C=O) groups is 1. The van der Waals surface area contributed by atoms with E-state index >= 15 is 0 Å². The number of ether oxygens (including phenoxy) is 1. The second-order valence-electron chi connectivity index (χ2n) is 7.93. The van der Waals surface area contributed by atoms with Gasteiger partial charge in [-0.1, -0.05) is 6.08 Å². The van der Waals surface area contributed by atoms with Crippen LogP contribution in [0.15, 0.2) is 24.3 Å². The zero-order valence-electron chi connectivity index (χ0n) is 16.0. The van der Waals surface area contributed by atoms with Gasteiger partial charge in [0.2, 0.25) is 5.91 Å². The van der Waals surface area contributed by atoms with E-state index in [1.807, 2.05) is 30.0 Å². The van der Waals surface area contributed by atoms with Crippen LogP contribution in [0.2, 0.25) is 0 Å². The van der Waals surface area contributed by atoms with Crippen LogP contribution >= 0.6 is 0 Å². The third-order valence-corrected chi connectivity index (χ3v) is 4.11. The van der Waals surface area contributed by atoms with Crippen molar-refractivity contribution in [2.45, 2.75) is 59.5 Å². The largest absolute Gasteiger partial charge is 0.494 e. The Morgan fingerprint density at radius 2 is 1.96 bits per heavy atom. The van der Waals surface area contributed by atoms with E-state index in [9.17, 15) is 4.79 Å². The van der Waals surface area contributed by atoms with Crippen molar-refractivity contribution in [3.05, 3.63) is 29.8 Å². The van der Waals surface area contributed by atoms with Gasteiger partial charge in [-0.25, -0.2) is 0 Å². The van der Waals surface area contributed by atoms with Crippen molar-refractivity contribution in [3.8, 4) is 5.75 Å². The summed E-state index contributed by atoms with van der Waals surface area (Å²) in [5.41, 5.74) is 2.72. The summed E-state index contributed by atoms with van der Waals surface area (Å²) in [4.78, 5) is 14.8. The molecular formula is C20H30N2O2. The highest BCUT2D eigenvalue weighted by Crippen LogP contribution is 2.40. The van der Waals surface area contributed by atoms with Crippen molar-refractivity contribution in [1.29, 1.82) is 0 Å². The number of nitrogens with one attached hydrogen (secondary N) is 1. The van der Waals surface area contributed by atoms with Crippen LogP contribution in [0.3, 0.4) is 0 Å². The zero-order chi connectivity index (χ0) is 18.1. The van der Waals surface area contributed by atoms with Crippen LogP contribution in [-0.2, 0) is 4.79 Å². The van der Waals surface area contributed by atoms with Crippen LogP contribution in [0, 0.1) is 0 Å². The molecule has 0 aromatic heterocycles. The van der Waals surface area contributed by atoms with Gasteiger partial charge >= 0.3 is 0 Å². The number of fused-ring (bicyclic) bond motifs is 1. The molecule has 24 heavy (non-hydrogen) atoms. The van der Waals surface area contributed by atoms with Crippen LogP contribution in [0.4, 0.5) is 5.69 Å². The lowest BCUT2D eigenvalue weighted by Gasteiger charge is -2.42. The molecule has 0 radical (unpaired) electrons. The summed E-state index contributed by atoms with van der Waals surface area (Å²) in [6, 6.07) is 5.96. The highest BCUT2D eigenvalue weighted by atomic mass is 16.5. The molecule has 132 valence electrons. The van der Waals surface area contributed by atoms with Crippen molar-refractivity contribution >= 4 is 17.2 Å². The summed E-state index contributed by atoms with van der Waals surface area (Å²) in [6.07, 6.45) is 2.15. The van der Waals surface area contributed by atoms with E-state index in [0.717, 1.165) is 17.0 Å². The predicted molar refractivity (Wildman–Crippen MR) is 101 cm³/mol. The van der Waals surface area contributed by atoms with E-state index in [1.165, 1.54) is 5.57 Å². The van der Waals surface area contributed by atoms with Crippen LogP contribution in [-0.4, -0.2) is 30.1 Å². The number of hydrogen-bond donors (Lipinski definition) is 1. The van der Waals surface area contributed by atoms with E-state index in [-0.39, 0.29) is 17.0 Å². The quantitative estimate of drug-likeness (QED) is 0.907. The number of amides is 1. The third-order valence-electron chi connectivity index (χ3n) is 4.11. The predicted octanol–water partition coefficient (Wildman–Crippen LogP) is 4.00. The average molecular weight is 330 g/mol. The molecule has 1 aromatic rings. The maximum Gasteiger partial charge on any atom is 0.241 e. The first kappa shape index (κ1) is 18.5. The number of anilines is 1. The fourth-order valence-corrected chi connectivity index (χ4v) is 3.14. The van der Waals surface area contributed by atoms with E-state index < -0.39 is 0 Å². The summed E-state index contributed by atoms with van der Waals surface area (Å²) < 4.78 is 5.62. The van der Waals surface area contributed by atoms with Crippen molar-refractivity contribution in [2.75, 3.05) is 18.1 Å². The van der Waals surface area contributed by atoms with Gasteiger partial charge in [0.05, 0.1) is 24.4 Å². The van der Waals surface area contributed by atoms with E-state index in [0.29, 0.717) is 13.2 Å². The van der Waals surface area contributed by atoms with E-state index in [2.05, 4.69) is 52.9 Å². The smallest absolute Gasteiger partial charge is 0.241 e. The molecule has 1 aliphatic rings. The number of hydrogen-bond acceptors (Lipinski definition) is 3. The van der Waals surface area contributed by atoms with Crippen LogP contribution < -0.4 is 15.0 Å². The molecule has 0 unspecified atom stereocenters. The van der Waals surface area contributed by atoms with Gasteiger partial charge in [-0.05, 0) is 72.2 Å². The van der Waals surface area contributed by atoms with E-state index in [1.54, 1.807) is 0 Å². The van der Waals surface area contributed by atoms with Crippen LogP contribution in [0.25, 0.3) is 5.57 Å². The van der Waals surface area contributed by atoms with Gasteiger partial charge in [0.1, 0.15) is 5.75 Å². The average Bonchev–Trinajstić information content (AvgIpc) is 2.44. The Bertz CT molecular complexity index is 654. The van der Waals surface area contributed by atoms with Crippen LogP contribution in [0.5, 0.6) is 5.75 Å². The molecule has 0 saturated carbocycles. The highest BCUT2D eigenvalue weighted by molar-refractivity contribution is 6.01. The molecule has 1 aliphatic heterocycles. The fourth-order valence-electron chi connectivity index (χ4n) is 3.14. The molecule has 0 atom stereocenters. The van der Waals surface area contributed by atoms with Crippen molar-refractivity contribution in [2.24, 2.45) is 0 Å².